The summed E-state index contributed by atoms with van der Waals surface area (Å²) in [6.07, 6.45) is 0.688. The van der Waals surface area contributed by atoms with E-state index in [-0.39, 0.29) is 25.4 Å². The van der Waals surface area contributed by atoms with Gasteiger partial charge in [0, 0.05) is 38.2 Å². The SMILES string of the molecule is COc1cc2c(cc1OC)CN(C[C@H]1C[C@@H](c3ccc(CO)cc3)O[C@@H](c3cccc(-c4cccc(CNC(=O)C(Cl)(Cl)Cl)c4)c3)O1)CC2. The maximum atomic E-state index is 12.1. The van der Waals surface area contributed by atoms with E-state index in [1.165, 1.54) is 11.1 Å². The summed E-state index contributed by atoms with van der Waals surface area (Å²) in [4.78, 5) is 14.5. The predicted molar refractivity (Wildman–Crippen MR) is 191 cm³/mol. The highest BCUT2D eigenvalue weighted by Gasteiger charge is 2.34. The minimum Gasteiger partial charge on any atom is -0.493 e. The van der Waals surface area contributed by atoms with Crippen LogP contribution in [0.2, 0.25) is 0 Å². The largest absolute Gasteiger partial charge is 0.493 e. The third-order valence-electron chi connectivity index (χ3n) is 9.00. The van der Waals surface area contributed by atoms with Crippen molar-refractivity contribution in [1.29, 1.82) is 0 Å². The lowest BCUT2D eigenvalue weighted by Gasteiger charge is -2.39. The van der Waals surface area contributed by atoms with E-state index < -0.39 is 16.0 Å². The topological polar surface area (TPSA) is 89.5 Å². The van der Waals surface area contributed by atoms with Crippen LogP contribution in [0.4, 0.5) is 0 Å². The summed E-state index contributed by atoms with van der Waals surface area (Å²) in [6, 6.07) is 28.0. The Balaban J connectivity index is 1.22. The van der Waals surface area contributed by atoms with Crippen molar-refractivity contribution in [3.05, 3.63) is 118 Å². The van der Waals surface area contributed by atoms with Gasteiger partial charge in [-0.25, -0.2) is 0 Å². The summed E-state index contributed by atoms with van der Waals surface area (Å²) < 4.78 is 22.5. The first-order chi connectivity index (χ1) is 23.6. The lowest BCUT2D eigenvalue weighted by Crippen LogP contribution is -2.41. The summed E-state index contributed by atoms with van der Waals surface area (Å²) in [6.45, 7) is 2.62. The van der Waals surface area contributed by atoms with E-state index in [0.717, 1.165) is 70.9 Å². The Bertz CT molecular complexity index is 1760. The van der Waals surface area contributed by atoms with E-state index in [2.05, 4.69) is 28.4 Å². The van der Waals surface area contributed by atoms with Crippen molar-refractivity contribution in [1.82, 2.24) is 10.2 Å². The van der Waals surface area contributed by atoms with Crippen LogP contribution in [0.3, 0.4) is 0 Å². The molecular weight excluding hydrogens is 687 g/mol. The zero-order valence-corrected chi connectivity index (χ0v) is 29.6. The summed E-state index contributed by atoms with van der Waals surface area (Å²) in [5.41, 5.74) is 8.09. The van der Waals surface area contributed by atoms with Crippen LogP contribution in [0.5, 0.6) is 11.5 Å². The molecule has 1 fully saturated rings. The van der Waals surface area contributed by atoms with Gasteiger partial charge in [-0.3, -0.25) is 9.69 Å². The van der Waals surface area contributed by atoms with Gasteiger partial charge in [0.2, 0.25) is 0 Å². The molecule has 8 nitrogen and oxygen atoms in total. The highest BCUT2D eigenvalue weighted by Crippen LogP contribution is 2.40. The monoisotopic (exact) mass is 724 g/mol. The fourth-order valence-electron chi connectivity index (χ4n) is 6.43. The molecule has 0 unspecified atom stereocenters. The fraction of sp³-hybridized carbons (Fsp3) is 0.342. The Labute approximate surface area is 301 Å². The maximum Gasteiger partial charge on any atom is 0.272 e. The molecule has 4 aromatic rings. The van der Waals surface area contributed by atoms with E-state index >= 15 is 0 Å². The molecule has 4 aromatic carbocycles. The van der Waals surface area contributed by atoms with Gasteiger partial charge >= 0.3 is 0 Å². The molecular formula is C38H39Cl3N2O6. The number of nitrogens with one attached hydrogen (secondary N) is 1. The van der Waals surface area contributed by atoms with Crippen molar-refractivity contribution < 1.29 is 28.8 Å². The van der Waals surface area contributed by atoms with Crippen molar-refractivity contribution >= 4 is 40.7 Å². The van der Waals surface area contributed by atoms with Gasteiger partial charge in [0.15, 0.2) is 17.8 Å². The molecule has 6 rings (SSSR count). The smallest absolute Gasteiger partial charge is 0.272 e. The van der Waals surface area contributed by atoms with E-state index in [1.54, 1.807) is 14.2 Å². The van der Waals surface area contributed by atoms with Crippen molar-refractivity contribution in [3.8, 4) is 22.6 Å². The van der Waals surface area contributed by atoms with Crippen LogP contribution in [0.15, 0.2) is 84.9 Å². The van der Waals surface area contributed by atoms with E-state index in [9.17, 15) is 9.90 Å². The number of hydrogen-bond acceptors (Lipinski definition) is 7. The normalized spacial score (nSPS) is 19.6. The van der Waals surface area contributed by atoms with Crippen molar-refractivity contribution in [2.24, 2.45) is 0 Å². The van der Waals surface area contributed by atoms with Crippen LogP contribution >= 0.6 is 34.8 Å². The standard InChI is InChI=1S/C38H39Cl3N2O6/c1-46-34-17-29-13-14-43(21-31(29)18-35(34)47-2)22-32-19-33(26-11-9-24(23-44)10-12-26)49-36(48-32)30-8-4-7-28(16-30)27-6-3-5-25(15-27)20-42-37(45)38(39,40)41/h3-12,15-18,32-33,36,44H,13-14,19-23H2,1-2H3,(H,42,45)/t32-,33+,36+/m1/s1. The van der Waals surface area contributed by atoms with Gasteiger partial charge in [-0.2, -0.15) is 0 Å². The third kappa shape index (κ3) is 8.70. The summed E-state index contributed by atoms with van der Waals surface area (Å²) in [5, 5.41) is 12.3. The number of hydrogen-bond donors (Lipinski definition) is 2. The minimum absolute atomic E-state index is 0.0134. The molecule has 1 saturated heterocycles. The van der Waals surface area contributed by atoms with Crippen LogP contribution in [0, 0.1) is 0 Å². The number of aliphatic hydroxyl groups excluding tert-OH is 1. The highest BCUT2D eigenvalue weighted by molar-refractivity contribution is 6.76. The number of fused-ring (bicyclic) bond motifs is 1. The molecule has 11 heteroatoms. The first kappa shape index (κ1) is 35.5. The molecule has 3 atom stereocenters. The lowest BCUT2D eigenvalue weighted by molar-refractivity contribution is -0.253. The number of alkyl halides is 3. The molecule has 258 valence electrons. The molecule has 0 aromatic heterocycles. The van der Waals surface area contributed by atoms with Gasteiger partial charge in [0.05, 0.1) is 33.0 Å². The lowest BCUT2D eigenvalue weighted by atomic mass is 9.96. The molecule has 0 bridgehead atoms. The number of carbonyl (C=O) groups is 1. The summed E-state index contributed by atoms with van der Waals surface area (Å²) in [5.74, 6) is 0.802. The zero-order valence-electron chi connectivity index (χ0n) is 27.3. The van der Waals surface area contributed by atoms with Crippen LogP contribution in [-0.2, 0) is 40.4 Å². The van der Waals surface area contributed by atoms with Crippen LogP contribution in [0.25, 0.3) is 11.1 Å². The number of methoxy groups -OCH3 is 2. The number of nitrogens with zero attached hydrogens (tertiary/aromatic N) is 1. The number of rotatable bonds is 10. The molecule has 49 heavy (non-hydrogen) atoms. The minimum atomic E-state index is -2.03. The van der Waals surface area contributed by atoms with Gasteiger partial charge in [-0.05, 0) is 69.6 Å². The van der Waals surface area contributed by atoms with Gasteiger partial charge in [0.1, 0.15) is 0 Å². The van der Waals surface area contributed by atoms with Crippen LogP contribution in [0.1, 0.15) is 52.2 Å². The second-order valence-corrected chi connectivity index (χ2v) is 14.6. The van der Waals surface area contributed by atoms with Gasteiger partial charge in [0.25, 0.3) is 9.70 Å². The quantitative estimate of drug-likeness (QED) is 0.164. The van der Waals surface area contributed by atoms with Gasteiger partial charge in [-0.15, -0.1) is 0 Å². The van der Waals surface area contributed by atoms with Gasteiger partial charge < -0.3 is 29.4 Å². The Kier molecular flexibility index (Phi) is 11.4. The third-order valence-corrected chi connectivity index (χ3v) is 9.52. The number of halogens is 3. The Morgan fingerprint density at radius 2 is 1.57 bits per heavy atom. The predicted octanol–water partition coefficient (Wildman–Crippen LogP) is 7.45. The van der Waals surface area contributed by atoms with Crippen LogP contribution < -0.4 is 14.8 Å². The van der Waals surface area contributed by atoms with E-state index in [0.29, 0.717) is 6.42 Å². The number of amides is 1. The molecule has 1 amide bonds. The van der Waals surface area contributed by atoms with Crippen molar-refractivity contribution in [3.63, 3.8) is 0 Å². The number of ether oxygens (including phenoxy) is 4. The molecule has 0 saturated carbocycles. The molecule has 0 spiro atoms. The van der Waals surface area contributed by atoms with Crippen molar-refractivity contribution in [2.75, 3.05) is 27.3 Å². The molecule has 2 N–H and O–H groups in total. The fourth-order valence-corrected chi connectivity index (χ4v) is 6.63. The Morgan fingerprint density at radius 1 is 0.878 bits per heavy atom. The van der Waals surface area contributed by atoms with E-state index in [1.807, 2.05) is 66.7 Å². The highest BCUT2D eigenvalue weighted by atomic mass is 35.6. The summed E-state index contributed by atoms with van der Waals surface area (Å²) in [7, 11) is 3.32. The zero-order chi connectivity index (χ0) is 34.5. The first-order valence-electron chi connectivity index (χ1n) is 16.1. The second kappa shape index (κ2) is 15.7. The first-order valence-corrected chi connectivity index (χ1v) is 17.3. The number of aliphatic hydroxyl groups is 1. The molecule has 2 heterocycles. The molecule has 0 aliphatic carbocycles. The van der Waals surface area contributed by atoms with E-state index in [4.69, 9.17) is 53.8 Å². The van der Waals surface area contributed by atoms with Gasteiger partial charge in [-0.1, -0.05) is 95.5 Å². The second-order valence-electron chi connectivity index (χ2n) is 12.3. The molecule has 2 aliphatic rings. The van der Waals surface area contributed by atoms with Crippen LogP contribution in [-0.4, -0.2) is 53.1 Å². The molecule has 0 radical (unpaired) electrons. The number of benzene rings is 4. The average Bonchev–Trinajstić information content (AvgIpc) is 3.12. The molecule has 2 aliphatic heterocycles. The number of carbonyl (C=O) groups excluding carboxylic acids is 1. The Hall–Kier alpha value is -3.34. The average molecular weight is 726 g/mol. The van der Waals surface area contributed by atoms with Crippen molar-refractivity contribution in [2.45, 2.75) is 54.8 Å². The maximum absolute atomic E-state index is 12.1. The Morgan fingerprint density at radius 3 is 2.27 bits per heavy atom. The summed E-state index contributed by atoms with van der Waals surface area (Å²) >= 11 is 17.1.